The van der Waals surface area contributed by atoms with Gasteiger partial charge < -0.3 is 10.2 Å². The first-order chi connectivity index (χ1) is 4.66. The number of rotatable bonds is 2. The monoisotopic (exact) mass is 141 g/mol. The molecule has 0 fully saturated rings. The number of aliphatic hydroxyl groups is 2. The summed E-state index contributed by atoms with van der Waals surface area (Å²) >= 11 is 0. The highest BCUT2D eigenvalue weighted by Gasteiger charge is 1.81. The molecule has 0 bridgehead atoms. The third kappa shape index (κ3) is 5.13. The summed E-state index contributed by atoms with van der Waals surface area (Å²) in [5.41, 5.74) is 2.27. The van der Waals surface area contributed by atoms with Gasteiger partial charge in [-0.15, -0.1) is 0 Å². The van der Waals surface area contributed by atoms with Crippen molar-refractivity contribution in [3.8, 4) is 0 Å². The molecule has 0 aliphatic rings. The maximum Gasteiger partial charge on any atom is 0.170 e. The first kappa shape index (κ1) is 8.99. The zero-order valence-corrected chi connectivity index (χ0v) is 6.13. The van der Waals surface area contributed by atoms with Crippen LogP contribution in [0, 0.1) is 0 Å². The molecular weight excluding hydrogens is 130 g/mol. The van der Waals surface area contributed by atoms with E-state index in [2.05, 4.69) is 16.6 Å². The van der Waals surface area contributed by atoms with Crippen molar-refractivity contribution >= 4 is 5.87 Å². The molecule has 0 saturated carbocycles. The maximum atomic E-state index is 8.60. The van der Waals surface area contributed by atoms with Crippen LogP contribution in [0.4, 0.5) is 0 Å². The molecule has 0 aliphatic heterocycles. The Bertz CT molecular complexity index is 184. The second kappa shape index (κ2) is 4.83. The van der Waals surface area contributed by atoms with Gasteiger partial charge in [-0.3, -0.25) is 0 Å². The first-order valence-electron chi connectivity index (χ1n) is 3.03. The molecule has 0 atom stereocenters. The standard InChI is InChI=1S/C7H11NO2/c1-6(2)8-4-3-7(10)5-9/h6,9-10H,5H2,1-2H3. The fraction of sp³-hybridized carbons (Fsp3) is 0.571. The van der Waals surface area contributed by atoms with Crippen molar-refractivity contribution in [1.82, 2.24) is 0 Å². The van der Waals surface area contributed by atoms with Crippen LogP contribution in [0.5, 0.6) is 0 Å². The van der Waals surface area contributed by atoms with E-state index in [0.29, 0.717) is 0 Å². The highest BCUT2D eigenvalue weighted by molar-refractivity contribution is 5.51. The van der Waals surface area contributed by atoms with Crippen molar-refractivity contribution < 1.29 is 10.2 Å². The molecule has 0 saturated heterocycles. The van der Waals surface area contributed by atoms with Crippen LogP contribution in [0.1, 0.15) is 13.8 Å². The molecule has 0 aromatic rings. The summed E-state index contributed by atoms with van der Waals surface area (Å²) in [6.45, 7) is 3.34. The summed E-state index contributed by atoms with van der Waals surface area (Å²) in [5.74, 6) is 2.12. The molecule has 3 nitrogen and oxygen atoms in total. The minimum Gasteiger partial charge on any atom is -0.502 e. The van der Waals surface area contributed by atoms with Crippen LogP contribution >= 0.6 is 0 Å². The van der Waals surface area contributed by atoms with Gasteiger partial charge in [0.15, 0.2) is 5.76 Å². The lowest BCUT2D eigenvalue weighted by atomic mass is 10.4. The summed E-state index contributed by atoms with van der Waals surface area (Å²) in [5, 5.41) is 16.9. The zero-order valence-electron chi connectivity index (χ0n) is 6.13. The number of hydrogen-bond acceptors (Lipinski definition) is 3. The van der Waals surface area contributed by atoms with Gasteiger partial charge in [0.05, 0.1) is 6.04 Å². The summed E-state index contributed by atoms with van der Waals surface area (Å²) in [6, 6.07) is 0.138. The average Bonchev–Trinajstić information content (AvgIpc) is 1.87. The summed E-state index contributed by atoms with van der Waals surface area (Å²) in [7, 11) is 0. The first-order valence-corrected chi connectivity index (χ1v) is 3.03. The normalized spacial score (nSPS) is 8.40. The minimum atomic E-state index is -0.416. The van der Waals surface area contributed by atoms with Crippen LogP contribution in [-0.4, -0.2) is 28.7 Å². The predicted molar refractivity (Wildman–Crippen MR) is 39.3 cm³/mol. The molecule has 56 valence electrons. The van der Waals surface area contributed by atoms with Crippen molar-refractivity contribution in [2.24, 2.45) is 4.99 Å². The second-order valence-electron chi connectivity index (χ2n) is 2.06. The molecule has 0 rings (SSSR count). The Morgan fingerprint density at radius 3 is 2.60 bits per heavy atom. The number of aliphatic imine (C=N–C) groups is 1. The Kier molecular flexibility index (Phi) is 4.34. The topological polar surface area (TPSA) is 52.8 Å². The van der Waals surface area contributed by atoms with Gasteiger partial charge in [-0.1, -0.05) is 0 Å². The van der Waals surface area contributed by atoms with Crippen molar-refractivity contribution in [3.05, 3.63) is 11.5 Å². The fourth-order valence-electron chi connectivity index (χ4n) is 0.265. The van der Waals surface area contributed by atoms with Gasteiger partial charge in [0.2, 0.25) is 0 Å². The van der Waals surface area contributed by atoms with E-state index in [0.717, 1.165) is 0 Å². The van der Waals surface area contributed by atoms with Crippen molar-refractivity contribution in [2.75, 3.05) is 6.61 Å². The molecule has 0 heterocycles. The molecule has 0 aromatic heterocycles. The lowest BCUT2D eigenvalue weighted by Gasteiger charge is -1.85. The summed E-state index contributed by atoms with van der Waals surface area (Å²) < 4.78 is 0. The van der Waals surface area contributed by atoms with E-state index in [9.17, 15) is 0 Å². The van der Waals surface area contributed by atoms with Crippen LogP contribution in [0.25, 0.3) is 0 Å². The Balaban J connectivity index is 4.20. The molecule has 0 amide bonds. The highest BCUT2D eigenvalue weighted by atomic mass is 16.3. The van der Waals surface area contributed by atoms with E-state index >= 15 is 0 Å². The molecule has 0 aliphatic carbocycles. The molecule has 10 heavy (non-hydrogen) atoms. The number of aliphatic hydroxyl groups excluding tert-OH is 2. The van der Waals surface area contributed by atoms with Crippen LogP contribution in [0.3, 0.4) is 0 Å². The van der Waals surface area contributed by atoms with E-state index in [1.807, 2.05) is 13.8 Å². The predicted octanol–water partition coefficient (Wildman–Crippen LogP) is 0.654. The van der Waals surface area contributed by atoms with E-state index in [-0.39, 0.29) is 11.8 Å². The summed E-state index contributed by atoms with van der Waals surface area (Å²) in [4.78, 5) is 3.76. The van der Waals surface area contributed by atoms with Gasteiger partial charge >= 0.3 is 0 Å². The molecule has 3 heteroatoms. The smallest absolute Gasteiger partial charge is 0.170 e. The average molecular weight is 141 g/mol. The highest BCUT2D eigenvalue weighted by Crippen LogP contribution is 1.81. The zero-order chi connectivity index (χ0) is 7.98. The van der Waals surface area contributed by atoms with Gasteiger partial charge in [0.1, 0.15) is 6.61 Å². The Morgan fingerprint density at radius 2 is 2.20 bits per heavy atom. The van der Waals surface area contributed by atoms with E-state index in [1.165, 1.54) is 0 Å². The number of nitrogens with zero attached hydrogens (tertiary/aromatic N) is 1. The van der Waals surface area contributed by atoms with Crippen molar-refractivity contribution in [3.63, 3.8) is 0 Å². The Morgan fingerprint density at radius 1 is 1.60 bits per heavy atom. The van der Waals surface area contributed by atoms with E-state index < -0.39 is 6.61 Å². The second-order valence-corrected chi connectivity index (χ2v) is 2.06. The molecular formula is C7H11NO2. The van der Waals surface area contributed by atoms with Crippen molar-refractivity contribution in [2.45, 2.75) is 19.9 Å². The van der Waals surface area contributed by atoms with Crippen LogP contribution in [-0.2, 0) is 0 Å². The van der Waals surface area contributed by atoms with Gasteiger partial charge in [0, 0.05) is 5.87 Å². The largest absolute Gasteiger partial charge is 0.502 e. The SMILES string of the molecule is CC(C)N=C=C=C(O)CO. The van der Waals surface area contributed by atoms with E-state index in [1.54, 1.807) is 0 Å². The van der Waals surface area contributed by atoms with Gasteiger partial charge in [-0.25, -0.2) is 4.99 Å². The molecule has 0 radical (unpaired) electrons. The third-order valence-electron chi connectivity index (χ3n) is 0.673. The third-order valence-corrected chi connectivity index (χ3v) is 0.673. The maximum absolute atomic E-state index is 8.60. The van der Waals surface area contributed by atoms with Gasteiger partial charge in [-0.05, 0) is 19.6 Å². The molecule has 2 N–H and O–H groups in total. The molecule has 0 aromatic carbocycles. The lowest BCUT2D eigenvalue weighted by molar-refractivity contribution is 0.254. The van der Waals surface area contributed by atoms with Crippen LogP contribution in [0.2, 0.25) is 0 Å². The minimum absolute atomic E-state index is 0.138. The van der Waals surface area contributed by atoms with Gasteiger partial charge in [-0.2, -0.15) is 0 Å². The van der Waals surface area contributed by atoms with Crippen molar-refractivity contribution in [1.29, 1.82) is 0 Å². The summed E-state index contributed by atoms with van der Waals surface area (Å²) in [6.07, 6.45) is 0. The van der Waals surface area contributed by atoms with Crippen LogP contribution in [0.15, 0.2) is 16.5 Å². The lowest BCUT2D eigenvalue weighted by Crippen LogP contribution is -1.86. The Hall–Kier alpha value is -1.01. The molecule has 0 spiro atoms. The number of hydrogen-bond donors (Lipinski definition) is 2. The van der Waals surface area contributed by atoms with Gasteiger partial charge in [0.25, 0.3) is 0 Å². The van der Waals surface area contributed by atoms with E-state index in [4.69, 9.17) is 10.2 Å². The van der Waals surface area contributed by atoms with Crippen LogP contribution < -0.4 is 0 Å². The fourth-order valence-corrected chi connectivity index (χ4v) is 0.265. The molecule has 0 unspecified atom stereocenters. The quantitative estimate of drug-likeness (QED) is 0.337. The Labute approximate surface area is 60.0 Å².